The minimum Gasteiger partial charge on any atom is -0.387 e. The minimum absolute atomic E-state index is 0.00968. The van der Waals surface area contributed by atoms with Gasteiger partial charge >= 0.3 is 0 Å². The molecule has 4 nitrogen and oxygen atoms in total. The van der Waals surface area contributed by atoms with E-state index in [0.29, 0.717) is 5.92 Å². The first kappa shape index (κ1) is 20.3. The monoisotopic (exact) mass is 392 g/mol. The quantitative estimate of drug-likeness (QED) is 0.829. The molecule has 0 radical (unpaired) electrons. The van der Waals surface area contributed by atoms with Crippen molar-refractivity contribution in [3.8, 4) is 0 Å². The van der Waals surface area contributed by atoms with Gasteiger partial charge in [0.1, 0.15) is 0 Å². The van der Waals surface area contributed by atoms with Crippen LogP contribution < -0.4 is 0 Å². The standard InChI is InChI=1S/C25H32N2O2/c1-25(2,3)27-22-21(18-29-27)17-26(16-10-13-19-11-6-4-7-12-19)23(22)24(28)20-14-8-5-9-15-20/h4-15,21-24,28H,16-18H2,1-3H3/b13-10+/t21-,22+,23+,24+/m1/s1. The molecule has 0 spiro atoms. The Bertz CT molecular complexity index is 816. The van der Waals surface area contributed by atoms with Gasteiger partial charge in [-0.25, -0.2) is 0 Å². The highest BCUT2D eigenvalue weighted by Gasteiger charge is 2.54. The summed E-state index contributed by atoms with van der Waals surface area (Å²) < 4.78 is 0. The first-order valence-electron chi connectivity index (χ1n) is 10.6. The largest absolute Gasteiger partial charge is 0.387 e. The predicted molar refractivity (Wildman–Crippen MR) is 117 cm³/mol. The van der Waals surface area contributed by atoms with Gasteiger partial charge < -0.3 is 5.11 Å². The summed E-state index contributed by atoms with van der Waals surface area (Å²) in [6.07, 6.45) is 3.82. The fraction of sp³-hybridized carbons (Fsp3) is 0.440. The molecule has 4 heteroatoms. The Morgan fingerprint density at radius 1 is 1.07 bits per heavy atom. The summed E-state index contributed by atoms with van der Waals surface area (Å²) in [6, 6.07) is 20.6. The smallest absolute Gasteiger partial charge is 0.0961 e. The van der Waals surface area contributed by atoms with Crippen molar-refractivity contribution in [3.05, 3.63) is 77.9 Å². The molecule has 29 heavy (non-hydrogen) atoms. The molecule has 1 N–H and O–H groups in total. The maximum atomic E-state index is 11.4. The molecule has 0 saturated carbocycles. The second kappa shape index (κ2) is 8.41. The molecule has 154 valence electrons. The van der Waals surface area contributed by atoms with Crippen LogP contribution >= 0.6 is 0 Å². The van der Waals surface area contributed by atoms with Crippen LogP contribution in [0.3, 0.4) is 0 Å². The number of rotatable bonds is 5. The summed E-state index contributed by atoms with van der Waals surface area (Å²) >= 11 is 0. The van der Waals surface area contributed by atoms with E-state index in [0.717, 1.165) is 25.3 Å². The molecule has 2 saturated heterocycles. The number of aliphatic hydroxyl groups excluding tert-OH is 1. The Morgan fingerprint density at radius 3 is 2.38 bits per heavy atom. The van der Waals surface area contributed by atoms with Gasteiger partial charge in [-0.2, -0.15) is 5.06 Å². The van der Waals surface area contributed by atoms with Gasteiger partial charge in [-0.15, -0.1) is 0 Å². The minimum atomic E-state index is -0.553. The average molecular weight is 393 g/mol. The van der Waals surface area contributed by atoms with E-state index in [9.17, 15) is 5.11 Å². The van der Waals surface area contributed by atoms with Crippen LogP contribution in [0.4, 0.5) is 0 Å². The summed E-state index contributed by atoms with van der Waals surface area (Å²) in [5.74, 6) is 0.405. The number of likely N-dealkylation sites (tertiary alicyclic amines) is 1. The third-order valence-electron chi connectivity index (χ3n) is 6.00. The van der Waals surface area contributed by atoms with Crippen molar-refractivity contribution >= 4 is 6.08 Å². The number of hydrogen-bond donors (Lipinski definition) is 1. The Labute approximate surface area is 174 Å². The summed E-state index contributed by atoms with van der Waals surface area (Å²) in [5.41, 5.74) is 2.06. The molecule has 0 bridgehead atoms. The maximum absolute atomic E-state index is 11.4. The molecule has 2 aromatic carbocycles. The van der Waals surface area contributed by atoms with Gasteiger partial charge in [0.15, 0.2) is 0 Å². The number of benzene rings is 2. The lowest BCUT2D eigenvalue weighted by Crippen LogP contribution is -2.52. The van der Waals surface area contributed by atoms with E-state index in [4.69, 9.17) is 4.84 Å². The molecular formula is C25H32N2O2. The lowest BCUT2D eigenvalue weighted by atomic mass is 9.90. The van der Waals surface area contributed by atoms with Gasteiger partial charge in [-0.05, 0) is 31.9 Å². The molecule has 2 heterocycles. The highest BCUT2D eigenvalue weighted by Crippen LogP contribution is 2.42. The summed E-state index contributed by atoms with van der Waals surface area (Å²) in [4.78, 5) is 8.52. The average Bonchev–Trinajstić information content (AvgIpc) is 3.27. The van der Waals surface area contributed by atoms with Crippen LogP contribution in [0.15, 0.2) is 66.7 Å². The van der Waals surface area contributed by atoms with E-state index < -0.39 is 6.10 Å². The molecule has 0 amide bonds. The number of nitrogens with zero attached hydrogens (tertiary/aromatic N) is 2. The lowest BCUT2D eigenvalue weighted by molar-refractivity contribution is -0.201. The fourth-order valence-electron chi connectivity index (χ4n) is 4.73. The van der Waals surface area contributed by atoms with Crippen LogP contribution in [0.1, 0.15) is 38.0 Å². The van der Waals surface area contributed by atoms with Gasteiger partial charge in [0.05, 0.1) is 24.8 Å². The molecule has 2 aromatic rings. The van der Waals surface area contributed by atoms with Gasteiger partial charge in [-0.3, -0.25) is 9.74 Å². The fourth-order valence-corrected chi connectivity index (χ4v) is 4.73. The molecule has 0 unspecified atom stereocenters. The molecular weight excluding hydrogens is 360 g/mol. The number of hydrogen-bond acceptors (Lipinski definition) is 4. The van der Waals surface area contributed by atoms with Crippen molar-refractivity contribution in [2.24, 2.45) is 5.92 Å². The number of aliphatic hydroxyl groups is 1. The topological polar surface area (TPSA) is 35.9 Å². The lowest BCUT2D eigenvalue weighted by Gasteiger charge is -2.40. The zero-order valence-electron chi connectivity index (χ0n) is 17.6. The van der Waals surface area contributed by atoms with Gasteiger partial charge in [-0.1, -0.05) is 72.8 Å². The first-order valence-corrected chi connectivity index (χ1v) is 10.6. The predicted octanol–water partition coefficient (Wildman–Crippen LogP) is 4.15. The van der Waals surface area contributed by atoms with E-state index in [2.05, 4.69) is 67.2 Å². The van der Waals surface area contributed by atoms with E-state index >= 15 is 0 Å². The van der Waals surface area contributed by atoms with Gasteiger partial charge in [0, 0.05) is 24.5 Å². The van der Waals surface area contributed by atoms with Crippen molar-refractivity contribution in [3.63, 3.8) is 0 Å². The Balaban J connectivity index is 1.59. The summed E-state index contributed by atoms with van der Waals surface area (Å²) in [6.45, 7) is 9.01. The van der Waals surface area contributed by atoms with Crippen LogP contribution in [0, 0.1) is 5.92 Å². The maximum Gasteiger partial charge on any atom is 0.0961 e. The Morgan fingerprint density at radius 2 is 1.72 bits per heavy atom. The highest BCUT2D eigenvalue weighted by molar-refractivity contribution is 5.48. The van der Waals surface area contributed by atoms with Crippen molar-refractivity contribution in [1.29, 1.82) is 0 Å². The van der Waals surface area contributed by atoms with Gasteiger partial charge in [0.25, 0.3) is 0 Å². The van der Waals surface area contributed by atoms with Crippen molar-refractivity contribution in [1.82, 2.24) is 9.96 Å². The van der Waals surface area contributed by atoms with Crippen LogP contribution in [0.25, 0.3) is 6.08 Å². The number of fused-ring (bicyclic) bond motifs is 1. The highest BCUT2D eigenvalue weighted by atomic mass is 16.7. The molecule has 2 aliphatic rings. The first-order chi connectivity index (χ1) is 13.9. The van der Waals surface area contributed by atoms with Crippen LogP contribution in [-0.4, -0.2) is 52.4 Å². The van der Waals surface area contributed by atoms with E-state index in [-0.39, 0.29) is 17.6 Å². The molecule has 2 aliphatic heterocycles. The number of hydroxylamine groups is 2. The van der Waals surface area contributed by atoms with E-state index in [1.165, 1.54) is 5.56 Å². The SMILES string of the molecule is CC(C)(C)N1OC[C@H]2CN(C/C=C/c3ccccc3)[C@H]([C@@H](O)c3ccccc3)[C@H]21. The summed E-state index contributed by atoms with van der Waals surface area (Å²) in [7, 11) is 0. The van der Waals surface area contributed by atoms with E-state index in [1.807, 2.05) is 36.4 Å². The van der Waals surface area contributed by atoms with E-state index in [1.54, 1.807) is 0 Å². The second-order valence-electron chi connectivity index (χ2n) is 9.16. The van der Waals surface area contributed by atoms with Crippen LogP contribution in [0.2, 0.25) is 0 Å². The van der Waals surface area contributed by atoms with Crippen molar-refractivity contribution < 1.29 is 9.94 Å². The molecule has 4 atom stereocenters. The summed E-state index contributed by atoms with van der Waals surface area (Å²) in [5, 5.41) is 13.5. The Kier molecular flexibility index (Phi) is 5.88. The molecule has 4 rings (SSSR count). The second-order valence-corrected chi connectivity index (χ2v) is 9.16. The molecule has 0 aromatic heterocycles. The Hall–Kier alpha value is -1.98. The van der Waals surface area contributed by atoms with Crippen molar-refractivity contribution in [2.75, 3.05) is 19.7 Å². The zero-order chi connectivity index (χ0) is 20.4. The molecule has 0 aliphatic carbocycles. The third kappa shape index (κ3) is 4.31. The third-order valence-corrected chi connectivity index (χ3v) is 6.00. The van der Waals surface area contributed by atoms with Crippen LogP contribution in [0.5, 0.6) is 0 Å². The molecule has 2 fully saturated rings. The normalized spacial score (nSPS) is 26.8. The van der Waals surface area contributed by atoms with Crippen molar-refractivity contribution in [2.45, 2.75) is 44.5 Å². The zero-order valence-corrected chi connectivity index (χ0v) is 17.6. The van der Waals surface area contributed by atoms with Gasteiger partial charge in [0.2, 0.25) is 0 Å². The van der Waals surface area contributed by atoms with Crippen LogP contribution in [-0.2, 0) is 4.84 Å².